The molecule has 0 atom stereocenters. The van der Waals surface area contributed by atoms with Crippen LogP contribution in [0.5, 0.6) is 11.5 Å². The van der Waals surface area contributed by atoms with Crippen LogP contribution in [0.2, 0.25) is 0 Å². The number of halogens is 2. The number of nitrogens with one attached hydrogen (secondary N) is 2. The average Bonchev–Trinajstić information content (AvgIpc) is 2.68. The number of aliphatic imine (C=N–C) groups is 1. The Hall–Kier alpha value is -2.05. The Bertz CT molecular complexity index is 602. The predicted molar refractivity (Wildman–Crippen MR) is 99.7 cm³/mol. The van der Waals surface area contributed by atoms with E-state index in [1.165, 1.54) is 12.0 Å². The van der Waals surface area contributed by atoms with Crippen LogP contribution in [0.25, 0.3) is 0 Å². The van der Waals surface area contributed by atoms with Gasteiger partial charge in [0, 0.05) is 19.0 Å². The van der Waals surface area contributed by atoms with Crippen molar-refractivity contribution in [2.45, 2.75) is 43.9 Å². The summed E-state index contributed by atoms with van der Waals surface area (Å²) in [6.07, 6.45) is 3.14. The summed E-state index contributed by atoms with van der Waals surface area (Å²) in [5.74, 6) is 1.80. The molecule has 0 bridgehead atoms. The highest BCUT2D eigenvalue weighted by molar-refractivity contribution is 5.79. The van der Waals surface area contributed by atoms with Gasteiger partial charge in [0.05, 0.1) is 20.8 Å². The lowest BCUT2D eigenvalue weighted by molar-refractivity contribution is 0.152. The Balaban J connectivity index is 2.20. The smallest absolute Gasteiger partial charge is 0.255 e. The molecule has 146 valence electrons. The minimum Gasteiger partial charge on any atom is -0.493 e. The lowest BCUT2D eigenvalue weighted by Crippen LogP contribution is -2.47. The third kappa shape index (κ3) is 4.99. The van der Waals surface area contributed by atoms with E-state index >= 15 is 0 Å². The van der Waals surface area contributed by atoms with Crippen LogP contribution in [0.1, 0.15) is 37.7 Å². The van der Waals surface area contributed by atoms with Gasteiger partial charge >= 0.3 is 0 Å². The van der Waals surface area contributed by atoms with E-state index < -0.39 is 13.0 Å². The number of guanidine groups is 1. The lowest BCUT2D eigenvalue weighted by Gasteiger charge is -2.38. The first-order valence-corrected chi connectivity index (χ1v) is 9.00. The first-order chi connectivity index (χ1) is 12.5. The van der Waals surface area contributed by atoms with Crippen molar-refractivity contribution >= 4 is 5.96 Å². The van der Waals surface area contributed by atoms with Crippen molar-refractivity contribution in [2.24, 2.45) is 4.99 Å². The van der Waals surface area contributed by atoms with Gasteiger partial charge in [-0.05, 0) is 30.5 Å². The first kappa shape index (κ1) is 20.3. The second kappa shape index (κ2) is 9.59. The fourth-order valence-corrected chi connectivity index (χ4v) is 3.61. The van der Waals surface area contributed by atoms with Crippen LogP contribution >= 0.6 is 0 Å². The number of hydrogen-bond acceptors (Lipinski definition) is 3. The lowest BCUT2D eigenvalue weighted by atomic mass is 9.69. The molecule has 0 radical (unpaired) electrons. The summed E-state index contributed by atoms with van der Waals surface area (Å²) in [4.78, 5) is 4.05. The topological polar surface area (TPSA) is 54.9 Å². The average molecular weight is 369 g/mol. The molecule has 26 heavy (non-hydrogen) atoms. The zero-order valence-corrected chi connectivity index (χ0v) is 15.8. The highest BCUT2D eigenvalue weighted by Gasteiger charge is 2.34. The van der Waals surface area contributed by atoms with E-state index in [4.69, 9.17) is 9.47 Å². The molecule has 0 heterocycles. The van der Waals surface area contributed by atoms with E-state index in [0.717, 1.165) is 25.7 Å². The van der Waals surface area contributed by atoms with Gasteiger partial charge < -0.3 is 20.1 Å². The summed E-state index contributed by atoms with van der Waals surface area (Å²) in [7, 11) is 4.84. The molecular formula is C19H29F2N3O2. The molecule has 1 saturated carbocycles. The number of alkyl halides is 2. The minimum absolute atomic E-state index is 0.0831. The van der Waals surface area contributed by atoms with Crippen LogP contribution in [-0.2, 0) is 5.41 Å². The summed E-state index contributed by atoms with van der Waals surface area (Å²) in [6.45, 7) is 0.217. The molecule has 2 N–H and O–H groups in total. The molecule has 2 rings (SSSR count). The van der Waals surface area contributed by atoms with Crippen LogP contribution in [0.15, 0.2) is 23.2 Å². The second-order valence-corrected chi connectivity index (χ2v) is 6.61. The molecular weight excluding hydrogens is 340 g/mol. The van der Waals surface area contributed by atoms with Crippen molar-refractivity contribution in [2.75, 3.05) is 34.4 Å². The van der Waals surface area contributed by atoms with Gasteiger partial charge in [0.25, 0.3) is 6.43 Å². The Kier molecular flexibility index (Phi) is 7.48. The molecule has 1 aliphatic rings. The largest absolute Gasteiger partial charge is 0.493 e. The fraction of sp³-hybridized carbons (Fsp3) is 0.632. The van der Waals surface area contributed by atoms with Crippen molar-refractivity contribution in [3.63, 3.8) is 0 Å². The Morgan fingerprint density at radius 3 is 2.38 bits per heavy atom. The van der Waals surface area contributed by atoms with Gasteiger partial charge in [0.1, 0.15) is 0 Å². The normalized spacial score (nSPS) is 17.1. The number of methoxy groups -OCH3 is 2. The monoisotopic (exact) mass is 369 g/mol. The molecule has 1 aliphatic carbocycles. The summed E-state index contributed by atoms with van der Waals surface area (Å²) in [5.41, 5.74) is 1.09. The van der Waals surface area contributed by atoms with Crippen LogP contribution in [0.3, 0.4) is 0 Å². The molecule has 0 amide bonds. The SMILES string of the molecule is CN=C(NCC(F)F)NCC1(c2ccc(OC)c(OC)c2)CCCCC1. The van der Waals surface area contributed by atoms with Crippen LogP contribution in [0.4, 0.5) is 8.78 Å². The van der Waals surface area contributed by atoms with E-state index in [0.29, 0.717) is 24.0 Å². The highest BCUT2D eigenvalue weighted by atomic mass is 19.3. The summed E-state index contributed by atoms with van der Waals surface area (Å²) < 4.78 is 35.7. The molecule has 0 aromatic heterocycles. The van der Waals surface area contributed by atoms with Crippen molar-refractivity contribution in [1.29, 1.82) is 0 Å². The van der Waals surface area contributed by atoms with Gasteiger partial charge in [-0.1, -0.05) is 25.3 Å². The predicted octanol–water partition coefficient (Wildman–Crippen LogP) is 3.34. The maximum atomic E-state index is 12.5. The van der Waals surface area contributed by atoms with Gasteiger partial charge in [-0.2, -0.15) is 0 Å². The zero-order chi connectivity index (χ0) is 19.0. The second-order valence-electron chi connectivity index (χ2n) is 6.61. The van der Waals surface area contributed by atoms with Gasteiger partial charge in [-0.25, -0.2) is 8.78 Å². The minimum atomic E-state index is -2.41. The van der Waals surface area contributed by atoms with Gasteiger partial charge in [0.15, 0.2) is 17.5 Å². The summed E-state index contributed by atoms with van der Waals surface area (Å²) in [6, 6.07) is 6.03. The Morgan fingerprint density at radius 1 is 1.12 bits per heavy atom. The Labute approximate surface area is 154 Å². The van der Waals surface area contributed by atoms with Gasteiger partial charge in [-0.3, -0.25) is 4.99 Å². The van der Waals surface area contributed by atoms with E-state index in [1.807, 2.05) is 12.1 Å². The third-order valence-electron chi connectivity index (χ3n) is 5.05. The molecule has 1 aromatic rings. The van der Waals surface area contributed by atoms with E-state index in [9.17, 15) is 8.78 Å². The summed E-state index contributed by atoms with van der Waals surface area (Å²) >= 11 is 0. The van der Waals surface area contributed by atoms with Gasteiger partial charge in [-0.15, -0.1) is 0 Å². The standard InChI is InChI=1S/C19H29F2N3O2/c1-22-18(23-12-17(20)21)24-13-19(9-5-4-6-10-19)14-7-8-15(25-2)16(11-14)26-3/h7-8,11,17H,4-6,9-10,12-13H2,1-3H3,(H2,22,23,24). The molecule has 0 spiro atoms. The molecule has 7 heteroatoms. The van der Waals surface area contributed by atoms with Crippen molar-refractivity contribution in [1.82, 2.24) is 10.6 Å². The number of hydrogen-bond donors (Lipinski definition) is 2. The molecule has 5 nitrogen and oxygen atoms in total. The molecule has 1 fully saturated rings. The number of rotatable bonds is 7. The van der Waals surface area contributed by atoms with E-state index in [2.05, 4.69) is 21.7 Å². The fourth-order valence-electron chi connectivity index (χ4n) is 3.61. The van der Waals surface area contributed by atoms with Crippen molar-refractivity contribution < 1.29 is 18.3 Å². The number of nitrogens with zero attached hydrogens (tertiary/aromatic N) is 1. The number of benzene rings is 1. The van der Waals surface area contributed by atoms with Crippen LogP contribution in [0, 0.1) is 0 Å². The summed E-state index contributed by atoms with van der Waals surface area (Å²) in [5, 5.41) is 5.90. The van der Waals surface area contributed by atoms with E-state index in [1.54, 1.807) is 21.3 Å². The van der Waals surface area contributed by atoms with Crippen molar-refractivity contribution in [3.05, 3.63) is 23.8 Å². The molecule has 0 unspecified atom stereocenters. The maximum Gasteiger partial charge on any atom is 0.255 e. The maximum absolute atomic E-state index is 12.5. The number of ether oxygens (including phenoxy) is 2. The quantitative estimate of drug-likeness (QED) is 0.572. The zero-order valence-electron chi connectivity index (χ0n) is 15.8. The Morgan fingerprint density at radius 2 is 1.81 bits per heavy atom. The molecule has 0 saturated heterocycles. The third-order valence-corrected chi connectivity index (χ3v) is 5.05. The van der Waals surface area contributed by atoms with Crippen LogP contribution in [-0.4, -0.2) is 46.7 Å². The van der Waals surface area contributed by atoms with E-state index in [-0.39, 0.29) is 5.41 Å². The van der Waals surface area contributed by atoms with Crippen molar-refractivity contribution in [3.8, 4) is 11.5 Å². The first-order valence-electron chi connectivity index (χ1n) is 9.00. The molecule has 1 aromatic carbocycles. The molecule has 0 aliphatic heterocycles. The highest BCUT2D eigenvalue weighted by Crippen LogP contribution is 2.42. The van der Waals surface area contributed by atoms with Crippen LogP contribution < -0.4 is 20.1 Å². The van der Waals surface area contributed by atoms with Gasteiger partial charge in [0.2, 0.25) is 0 Å².